The van der Waals surface area contributed by atoms with E-state index in [0.29, 0.717) is 25.3 Å². The first-order valence-corrected chi connectivity index (χ1v) is 7.40. The predicted octanol–water partition coefficient (Wildman–Crippen LogP) is 3.63. The minimum absolute atomic E-state index is 0.0300. The Labute approximate surface area is 137 Å². The Morgan fingerprint density at radius 1 is 1.21 bits per heavy atom. The van der Waals surface area contributed by atoms with Crippen molar-refractivity contribution in [2.24, 2.45) is 0 Å². The Morgan fingerprint density at radius 3 is 2.62 bits per heavy atom. The lowest BCUT2D eigenvalue weighted by Crippen LogP contribution is -2.26. The molecule has 24 heavy (non-hydrogen) atoms. The summed E-state index contributed by atoms with van der Waals surface area (Å²) in [5.41, 5.74) is -0.495. The van der Waals surface area contributed by atoms with Gasteiger partial charge in [0.2, 0.25) is 0 Å². The zero-order valence-electron chi connectivity index (χ0n) is 12.6. The van der Waals surface area contributed by atoms with E-state index in [1.807, 2.05) is 6.07 Å². The molecule has 0 amide bonds. The van der Waals surface area contributed by atoms with Gasteiger partial charge in [-0.1, -0.05) is 0 Å². The van der Waals surface area contributed by atoms with Gasteiger partial charge >= 0.3 is 6.18 Å². The largest absolute Gasteiger partial charge is 0.488 e. The van der Waals surface area contributed by atoms with Crippen molar-refractivity contribution in [3.63, 3.8) is 0 Å². The van der Waals surface area contributed by atoms with Gasteiger partial charge in [-0.3, -0.25) is 4.98 Å². The number of halogens is 3. The van der Waals surface area contributed by atoms with E-state index in [1.165, 1.54) is 12.1 Å². The predicted molar refractivity (Wildman–Crippen MR) is 81.6 cm³/mol. The number of nitrogens with zero attached hydrogens (tertiary/aromatic N) is 3. The van der Waals surface area contributed by atoms with E-state index in [-0.39, 0.29) is 17.4 Å². The molecule has 4 nitrogen and oxygen atoms in total. The van der Waals surface area contributed by atoms with Crippen LogP contribution in [0.5, 0.6) is 5.75 Å². The number of anilines is 1. The number of aromatic nitrogens is 1. The monoisotopic (exact) mass is 333 g/mol. The third-order valence-corrected chi connectivity index (χ3v) is 3.87. The molecule has 7 heteroatoms. The minimum atomic E-state index is -4.46. The number of pyridine rings is 1. The quantitative estimate of drug-likeness (QED) is 0.861. The lowest BCUT2D eigenvalue weighted by Gasteiger charge is -2.23. The number of nitriles is 1. The van der Waals surface area contributed by atoms with Crippen LogP contribution in [-0.4, -0.2) is 24.2 Å². The summed E-state index contributed by atoms with van der Waals surface area (Å²) < 4.78 is 45.5. The molecule has 3 rings (SSSR count). The van der Waals surface area contributed by atoms with Crippen LogP contribution in [0.3, 0.4) is 0 Å². The highest BCUT2D eigenvalue weighted by Crippen LogP contribution is 2.38. The van der Waals surface area contributed by atoms with Crippen molar-refractivity contribution in [3.05, 3.63) is 53.9 Å². The topological polar surface area (TPSA) is 49.2 Å². The van der Waals surface area contributed by atoms with Crippen molar-refractivity contribution in [2.45, 2.75) is 18.7 Å². The van der Waals surface area contributed by atoms with Gasteiger partial charge in [0.15, 0.2) is 0 Å². The average Bonchev–Trinajstić information content (AvgIpc) is 3.03. The average molecular weight is 333 g/mol. The molecule has 0 N–H and O–H groups in total. The molecule has 1 aliphatic rings. The summed E-state index contributed by atoms with van der Waals surface area (Å²) >= 11 is 0. The molecule has 2 aromatic rings. The SMILES string of the molecule is N#Cc1ccc(C(F)(F)F)c(N2CCC(Oc3ccncc3)C2)c1. The number of alkyl halides is 3. The fourth-order valence-corrected chi connectivity index (χ4v) is 2.75. The summed E-state index contributed by atoms with van der Waals surface area (Å²) in [4.78, 5) is 5.51. The Bertz CT molecular complexity index is 756. The maximum Gasteiger partial charge on any atom is 0.418 e. The second kappa shape index (κ2) is 6.40. The van der Waals surface area contributed by atoms with Crippen LogP contribution < -0.4 is 9.64 Å². The second-order valence-electron chi connectivity index (χ2n) is 5.50. The molecule has 1 unspecified atom stereocenters. The number of hydrogen-bond acceptors (Lipinski definition) is 4. The fourth-order valence-electron chi connectivity index (χ4n) is 2.75. The molecule has 1 fully saturated rings. The standard InChI is InChI=1S/C17H14F3N3O/c18-17(19,20)15-2-1-12(10-21)9-16(15)23-8-5-14(11-23)24-13-3-6-22-7-4-13/h1-4,6-7,9,14H,5,8,11H2. The van der Waals surface area contributed by atoms with Crippen LogP contribution in [0.15, 0.2) is 42.7 Å². The van der Waals surface area contributed by atoms with Crippen molar-refractivity contribution >= 4 is 5.69 Å². The molecule has 1 aromatic heterocycles. The highest BCUT2D eigenvalue weighted by atomic mass is 19.4. The summed E-state index contributed by atoms with van der Waals surface area (Å²) in [5, 5.41) is 8.97. The van der Waals surface area contributed by atoms with Gasteiger partial charge in [0.1, 0.15) is 11.9 Å². The van der Waals surface area contributed by atoms with E-state index in [2.05, 4.69) is 4.98 Å². The van der Waals surface area contributed by atoms with Gasteiger partial charge in [0.05, 0.1) is 29.4 Å². The highest BCUT2D eigenvalue weighted by molar-refractivity contribution is 5.59. The Kier molecular flexibility index (Phi) is 4.30. The van der Waals surface area contributed by atoms with Crippen LogP contribution in [0.25, 0.3) is 0 Å². The summed E-state index contributed by atoms with van der Waals surface area (Å²) in [7, 11) is 0. The molecule has 0 saturated carbocycles. The first kappa shape index (κ1) is 16.1. The summed E-state index contributed by atoms with van der Waals surface area (Å²) in [6.07, 6.45) is -0.872. The summed E-state index contributed by atoms with van der Waals surface area (Å²) in [5.74, 6) is 0.638. The Balaban J connectivity index is 1.81. The molecular formula is C17H14F3N3O. The Morgan fingerprint density at radius 2 is 1.96 bits per heavy atom. The van der Waals surface area contributed by atoms with Gasteiger partial charge < -0.3 is 9.64 Å². The van der Waals surface area contributed by atoms with Gasteiger partial charge in [-0.15, -0.1) is 0 Å². The summed E-state index contributed by atoms with van der Waals surface area (Å²) in [6, 6.07) is 8.75. The summed E-state index contributed by atoms with van der Waals surface area (Å²) in [6.45, 7) is 0.772. The molecule has 1 aliphatic heterocycles. The van der Waals surface area contributed by atoms with Crippen LogP contribution >= 0.6 is 0 Å². The zero-order valence-corrected chi connectivity index (χ0v) is 12.6. The molecular weight excluding hydrogens is 319 g/mol. The van der Waals surface area contributed by atoms with Crippen LogP contribution in [0.4, 0.5) is 18.9 Å². The van der Waals surface area contributed by atoms with Crippen molar-refractivity contribution in [2.75, 3.05) is 18.0 Å². The third kappa shape index (κ3) is 3.43. The van der Waals surface area contributed by atoms with Crippen molar-refractivity contribution in [1.82, 2.24) is 4.98 Å². The van der Waals surface area contributed by atoms with E-state index in [1.54, 1.807) is 29.4 Å². The second-order valence-corrected chi connectivity index (χ2v) is 5.50. The van der Waals surface area contributed by atoms with Gasteiger partial charge in [-0.05, 0) is 30.3 Å². The molecule has 124 valence electrons. The van der Waals surface area contributed by atoms with Crippen LogP contribution in [0.2, 0.25) is 0 Å². The van der Waals surface area contributed by atoms with E-state index >= 15 is 0 Å². The van der Waals surface area contributed by atoms with E-state index < -0.39 is 11.7 Å². The molecule has 0 radical (unpaired) electrons. The first-order chi connectivity index (χ1) is 11.5. The van der Waals surface area contributed by atoms with Gasteiger partial charge in [-0.25, -0.2) is 0 Å². The fraction of sp³-hybridized carbons (Fsp3) is 0.294. The van der Waals surface area contributed by atoms with Gasteiger partial charge in [0, 0.05) is 25.4 Å². The van der Waals surface area contributed by atoms with Crippen LogP contribution in [-0.2, 0) is 6.18 Å². The van der Waals surface area contributed by atoms with Gasteiger partial charge in [-0.2, -0.15) is 18.4 Å². The lowest BCUT2D eigenvalue weighted by molar-refractivity contribution is -0.137. The van der Waals surface area contributed by atoms with E-state index in [4.69, 9.17) is 10.00 Å². The molecule has 0 aliphatic carbocycles. The third-order valence-electron chi connectivity index (χ3n) is 3.87. The van der Waals surface area contributed by atoms with Crippen molar-refractivity contribution in [3.8, 4) is 11.8 Å². The normalized spacial score (nSPS) is 17.6. The lowest BCUT2D eigenvalue weighted by atomic mass is 10.1. The molecule has 0 spiro atoms. The highest BCUT2D eigenvalue weighted by Gasteiger charge is 2.37. The maximum atomic E-state index is 13.2. The molecule has 1 aromatic carbocycles. The van der Waals surface area contributed by atoms with E-state index in [0.717, 1.165) is 6.07 Å². The van der Waals surface area contributed by atoms with Crippen LogP contribution in [0, 0.1) is 11.3 Å². The molecule has 2 heterocycles. The maximum absolute atomic E-state index is 13.2. The number of hydrogen-bond donors (Lipinski definition) is 0. The van der Waals surface area contributed by atoms with Crippen molar-refractivity contribution < 1.29 is 17.9 Å². The molecule has 0 bridgehead atoms. The number of rotatable bonds is 3. The number of ether oxygens (including phenoxy) is 1. The minimum Gasteiger partial charge on any atom is -0.488 e. The smallest absolute Gasteiger partial charge is 0.418 e. The zero-order chi connectivity index (χ0) is 17.2. The number of benzene rings is 1. The van der Waals surface area contributed by atoms with Gasteiger partial charge in [0.25, 0.3) is 0 Å². The van der Waals surface area contributed by atoms with Crippen molar-refractivity contribution in [1.29, 1.82) is 5.26 Å². The van der Waals surface area contributed by atoms with E-state index in [9.17, 15) is 13.2 Å². The molecule has 1 atom stereocenters. The first-order valence-electron chi connectivity index (χ1n) is 7.40. The molecule has 1 saturated heterocycles. The van der Waals surface area contributed by atoms with Crippen LogP contribution in [0.1, 0.15) is 17.5 Å². The Hall–Kier alpha value is -2.75.